The summed E-state index contributed by atoms with van der Waals surface area (Å²) < 4.78 is 6.61. The Balaban J connectivity index is 1.98. The molecule has 0 radical (unpaired) electrons. The highest BCUT2D eigenvalue weighted by molar-refractivity contribution is 9.10. The smallest absolute Gasteiger partial charge is 0.263 e. The fourth-order valence-electron chi connectivity index (χ4n) is 2.42. The van der Waals surface area contributed by atoms with Crippen molar-refractivity contribution in [3.8, 4) is 5.75 Å². The molecule has 110 valence electrons. The van der Waals surface area contributed by atoms with Crippen LogP contribution in [0.3, 0.4) is 0 Å². The van der Waals surface area contributed by atoms with E-state index in [2.05, 4.69) is 22.9 Å². The van der Waals surface area contributed by atoms with E-state index in [-0.39, 0.29) is 11.3 Å². The second-order valence-electron chi connectivity index (χ2n) is 5.72. The molecule has 4 nitrogen and oxygen atoms in total. The van der Waals surface area contributed by atoms with E-state index < -0.39 is 6.10 Å². The highest BCUT2D eigenvalue weighted by Crippen LogP contribution is 2.30. The number of rotatable bonds is 4. The van der Waals surface area contributed by atoms with Crippen molar-refractivity contribution >= 4 is 21.8 Å². The molecule has 5 heteroatoms. The number of benzene rings is 1. The molecule has 2 N–H and O–H groups in total. The number of likely N-dealkylation sites (tertiary alicyclic amines) is 1. The number of carbonyl (C=O) groups excluding carboxylic acids is 1. The van der Waals surface area contributed by atoms with Gasteiger partial charge in [-0.15, -0.1) is 0 Å². The lowest BCUT2D eigenvalue weighted by atomic mass is 9.90. The fraction of sp³-hybridized carbons (Fsp3) is 0.533. The molecule has 1 fully saturated rings. The van der Waals surface area contributed by atoms with Crippen molar-refractivity contribution in [2.24, 2.45) is 11.1 Å². The van der Waals surface area contributed by atoms with Crippen LogP contribution in [-0.2, 0) is 4.79 Å². The quantitative estimate of drug-likeness (QED) is 0.915. The second kappa shape index (κ2) is 6.14. The van der Waals surface area contributed by atoms with E-state index in [0.29, 0.717) is 18.8 Å². The molecule has 1 aliphatic heterocycles. The predicted octanol–water partition coefficient (Wildman–Crippen LogP) is 2.41. The SMILES string of the molecule is CC(Oc1ccccc1Br)C(=O)N1CCC(C)(CN)C1. The monoisotopic (exact) mass is 340 g/mol. The Labute approximate surface area is 128 Å². The molecule has 2 atom stereocenters. The maximum atomic E-state index is 12.4. The van der Waals surface area contributed by atoms with Crippen molar-refractivity contribution in [2.75, 3.05) is 19.6 Å². The molecule has 1 amide bonds. The highest BCUT2D eigenvalue weighted by atomic mass is 79.9. The van der Waals surface area contributed by atoms with E-state index in [1.807, 2.05) is 29.2 Å². The standard InChI is InChI=1S/C15H21BrN2O2/c1-11(20-13-6-4-3-5-12(13)16)14(19)18-8-7-15(2,9-17)10-18/h3-6,11H,7-10,17H2,1-2H3. The summed E-state index contributed by atoms with van der Waals surface area (Å²) in [6.07, 6.45) is 0.464. The van der Waals surface area contributed by atoms with Crippen molar-refractivity contribution in [3.05, 3.63) is 28.7 Å². The van der Waals surface area contributed by atoms with E-state index in [0.717, 1.165) is 17.4 Å². The minimum absolute atomic E-state index is 0.0259. The average Bonchev–Trinajstić information content (AvgIpc) is 2.84. The summed E-state index contributed by atoms with van der Waals surface area (Å²) in [5, 5.41) is 0. The zero-order chi connectivity index (χ0) is 14.8. The molecule has 2 unspecified atom stereocenters. The summed E-state index contributed by atoms with van der Waals surface area (Å²) >= 11 is 3.42. The molecule has 2 rings (SSSR count). The topological polar surface area (TPSA) is 55.6 Å². The molecule has 1 aliphatic rings. The fourth-order valence-corrected chi connectivity index (χ4v) is 2.80. The minimum Gasteiger partial charge on any atom is -0.480 e. The Hall–Kier alpha value is -1.07. The van der Waals surface area contributed by atoms with Gasteiger partial charge in [-0.1, -0.05) is 19.1 Å². The highest BCUT2D eigenvalue weighted by Gasteiger charge is 2.36. The van der Waals surface area contributed by atoms with Crippen molar-refractivity contribution in [2.45, 2.75) is 26.4 Å². The lowest BCUT2D eigenvalue weighted by molar-refractivity contribution is -0.137. The lowest BCUT2D eigenvalue weighted by Gasteiger charge is -2.25. The third kappa shape index (κ3) is 3.33. The zero-order valence-corrected chi connectivity index (χ0v) is 13.5. The molecule has 20 heavy (non-hydrogen) atoms. The number of carbonyl (C=O) groups is 1. The first-order chi connectivity index (χ1) is 9.45. The van der Waals surface area contributed by atoms with Gasteiger partial charge in [0.1, 0.15) is 5.75 Å². The van der Waals surface area contributed by atoms with Gasteiger partial charge in [-0.3, -0.25) is 4.79 Å². The van der Waals surface area contributed by atoms with Crippen LogP contribution in [0.15, 0.2) is 28.7 Å². The molecule has 0 bridgehead atoms. The maximum Gasteiger partial charge on any atom is 0.263 e. The van der Waals surface area contributed by atoms with Crippen molar-refractivity contribution in [1.29, 1.82) is 0 Å². The largest absolute Gasteiger partial charge is 0.480 e. The number of para-hydroxylation sites is 1. The molecule has 1 aromatic carbocycles. The van der Waals surface area contributed by atoms with E-state index in [4.69, 9.17) is 10.5 Å². The Morgan fingerprint density at radius 2 is 2.25 bits per heavy atom. The van der Waals surface area contributed by atoms with Crippen molar-refractivity contribution < 1.29 is 9.53 Å². The molecular formula is C15H21BrN2O2. The first-order valence-corrected chi connectivity index (χ1v) is 7.64. The zero-order valence-electron chi connectivity index (χ0n) is 11.9. The molecular weight excluding hydrogens is 320 g/mol. The summed E-state index contributed by atoms with van der Waals surface area (Å²) in [5.41, 5.74) is 5.82. The summed E-state index contributed by atoms with van der Waals surface area (Å²) in [5.74, 6) is 0.715. The summed E-state index contributed by atoms with van der Waals surface area (Å²) in [7, 11) is 0. The normalized spacial score (nSPS) is 23.7. The van der Waals surface area contributed by atoms with Crippen LogP contribution < -0.4 is 10.5 Å². The van der Waals surface area contributed by atoms with Gasteiger partial charge in [0.25, 0.3) is 5.91 Å². The van der Waals surface area contributed by atoms with E-state index in [1.54, 1.807) is 6.92 Å². The van der Waals surface area contributed by atoms with Crippen LogP contribution in [0.1, 0.15) is 20.3 Å². The predicted molar refractivity (Wildman–Crippen MR) is 82.6 cm³/mol. The van der Waals surface area contributed by atoms with Crippen molar-refractivity contribution in [1.82, 2.24) is 4.90 Å². The summed E-state index contributed by atoms with van der Waals surface area (Å²) in [6, 6.07) is 7.55. The van der Waals surface area contributed by atoms with Crippen LogP contribution >= 0.6 is 15.9 Å². The van der Waals surface area contributed by atoms with Gasteiger partial charge in [0.2, 0.25) is 0 Å². The average molecular weight is 341 g/mol. The van der Waals surface area contributed by atoms with Crippen LogP contribution in [0.2, 0.25) is 0 Å². The molecule has 0 spiro atoms. The van der Waals surface area contributed by atoms with E-state index >= 15 is 0 Å². The molecule has 1 saturated heterocycles. The van der Waals surface area contributed by atoms with Crippen LogP contribution in [0.25, 0.3) is 0 Å². The number of ether oxygens (including phenoxy) is 1. The Kier molecular flexibility index (Phi) is 4.70. The number of hydrogen-bond donors (Lipinski definition) is 1. The third-order valence-corrected chi connectivity index (χ3v) is 4.51. The van der Waals surface area contributed by atoms with Crippen LogP contribution in [0.4, 0.5) is 0 Å². The number of nitrogens with two attached hydrogens (primary N) is 1. The van der Waals surface area contributed by atoms with E-state index in [1.165, 1.54) is 0 Å². The molecule has 1 heterocycles. The van der Waals surface area contributed by atoms with Crippen molar-refractivity contribution in [3.63, 3.8) is 0 Å². The number of amides is 1. The van der Waals surface area contributed by atoms with Crippen LogP contribution in [-0.4, -0.2) is 36.5 Å². The van der Waals surface area contributed by atoms with Gasteiger partial charge in [0.15, 0.2) is 6.10 Å². The first kappa shape index (κ1) is 15.3. The van der Waals surface area contributed by atoms with Gasteiger partial charge < -0.3 is 15.4 Å². The third-order valence-electron chi connectivity index (χ3n) is 3.85. The van der Waals surface area contributed by atoms with Crippen LogP contribution in [0.5, 0.6) is 5.75 Å². The number of hydrogen-bond acceptors (Lipinski definition) is 3. The summed E-state index contributed by atoms with van der Waals surface area (Å²) in [6.45, 7) is 6.00. The van der Waals surface area contributed by atoms with Gasteiger partial charge in [0.05, 0.1) is 4.47 Å². The van der Waals surface area contributed by atoms with Gasteiger partial charge in [0, 0.05) is 13.1 Å². The minimum atomic E-state index is -0.492. The van der Waals surface area contributed by atoms with Gasteiger partial charge in [-0.2, -0.15) is 0 Å². The number of nitrogens with zero attached hydrogens (tertiary/aromatic N) is 1. The molecule has 0 aliphatic carbocycles. The molecule has 0 aromatic heterocycles. The maximum absolute atomic E-state index is 12.4. The Bertz CT molecular complexity index is 495. The second-order valence-corrected chi connectivity index (χ2v) is 6.57. The first-order valence-electron chi connectivity index (χ1n) is 6.85. The molecule has 0 saturated carbocycles. The van der Waals surface area contributed by atoms with Gasteiger partial charge in [-0.05, 0) is 53.4 Å². The lowest BCUT2D eigenvalue weighted by Crippen LogP contribution is -2.41. The van der Waals surface area contributed by atoms with E-state index in [9.17, 15) is 4.79 Å². The summed E-state index contributed by atoms with van der Waals surface area (Å²) in [4.78, 5) is 14.3. The molecule has 1 aromatic rings. The number of halogens is 1. The Morgan fingerprint density at radius 1 is 1.55 bits per heavy atom. The van der Waals surface area contributed by atoms with Gasteiger partial charge in [-0.25, -0.2) is 0 Å². The van der Waals surface area contributed by atoms with Gasteiger partial charge >= 0.3 is 0 Å². The van der Waals surface area contributed by atoms with Crippen LogP contribution in [0, 0.1) is 5.41 Å². The Morgan fingerprint density at radius 3 is 2.85 bits per heavy atom.